The number of aryl methyl sites for hydroxylation is 1. The fraction of sp³-hybridized carbons (Fsp3) is 0.190. The second kappa shape index (κ2) is 8.81. The van der Waals surface area contributed by atoms with Crippen LogP contribution in [-0.2, 0) is 24.4 Å². The smallest absolute Gasteiger partial charge is 0.340 e. The van der Waals surface area contributed by atoms with Crippen LogP contribution >= 0.6 is 0 Å². The Bertz CT molecular complexity index is 1020. The maximum atomic E-state index is 13.2. The lowest BCUT2D eigenvalue weighted by Gasteiger charge is -2.19. The number of para-hydroxylation sites is 1. The Labute approximate surface area is 170 Å². The van der Waals surface area contributed by atoms with Crippen LogP contribution in [0.15, 0.2) is 66.9 Å². The third-order valence-corrected chi connectivity index (χ3v) is 4.29. The lowest BCUT2D eigenvalue weighted by Crippen LogP contribution is -2.45. The van der Waals surface area contributed by atoms with Gasteiger partial charge in [-0.15, -0.1) is 0 Å². The maximum Gasteiger partial charge on any atom is 0.435 e. The molecule has 0 aliphatic carbocycles. The molecule has 0 radical (unpaired) electrons. The highest BCUT2D eigenvalue weighted by Crippen LogP contribution is 2.30. The summed E-state index contributed by atoms with van der Waals surface area (Å²) in [4.78, 5) is 25.4. The van der Waals surface area contributed by atoms with Crippen molar-refractivity contribution in [2.24, 2.45) is 7.05 Å². The van der Waals surface area contributed by atoms with E-state index in [2.05, 4.69) is 15.7 Å². The first-order valence-electron chi connectivity index (χ1n) is 9.05. The molecule has 6 nitrogen and oxygen atoms in total. The van der Waals surface area contributed by atoms with E-state index < -0.39 is 35.3 Å². The van der Waals surface area contributed by atoms with E-state index in [0.717, 1.165) is 16.4 Å². The van der Waals surface area contributed by atoms with Crippen LogP contribution in [0.2, 0.25) is 0 Å². The summed E-state index contributed by atoms with van der Waals surface area (Å²) in [5.41, 5.74) is -0.694. The van der Waals surface area contributed by atoms with E-state index in [9.17, 15) is 22.8 Å². The Balaban J connectivity index is 1.85. The number of benzene rings is 2. The highest BCUT2D eigenvalue weighted by molar-refractivity contribution is 6.01. The van der Waals surface area contributed by atoms with Crippen molar-refractivity contribution in [1.82, 2.24) is 15.1 Å². The molecule has 0 spiro atoms. The lowest BCUT2D eigenvalue weighted by atomic mass is 10.0. The second-order valence-electron chi connectivity index (χ2n) is 6.63. The largest absolute Gasteiger partial charge is 0.435 e. The molecule has 1 heterocycles. The van der Waals surface area contributed by atoms with E-state index >= 15 is 0 Å². The molecule has 3 rings (SSSR count). The number of anilines is 1. The number of rotatable bonds is 6. The monoisotopic (exact) mass is 416 g/mol. The normalized spacial score (nSPS) is 12.3. The van der Waals surface area contributed by atoms with Crippen LogP contribution in [0.3, 0.4) is 0 Å². The molecule has 0 saturated heterocycles. The number of aromatic nitrogens is 2. The highest BCUT2D eigenvalue weighted by Gasteiger charge is 2.39. The Hall–Kier alpha value is -3.62. The van der Waals surface area contributed by atoms with Gasteiger partial charge in [0.25, 0.3) is 5.91 Å². The molecule has 9 heteroatoms. The van der Waals surface area contributed by atoms with Gasteiger partial charge in [0.05, 0.1) is 5.56 Å². The molecule has 2 N–H and O–H groups in total. The summed E-state index contributed by atoms with van der Waals surface area (Å²) in [5.74, 6) is -1.57. The highest BCUT2D eigenvalue weighted by atomic mass is 19.4. The van der Waals surface area contributed by atoms with Crippen LogP contribution in [-0.4, -0.2) is 27.6 Å². The van der Waals surface area contributed by atoms with Crippen molar-refractivity contribution in [3.05, 3.63) is 83.7 Å². The van der Waals surface area contributed by atoms with Crippen molar-refractivity contribution in [3.8, 4) is 0 Å². The first-order chi connectivity index (χ1) is 14.2. The number of carbonyl (C=O) groups is 2. The lowest BCUT2D eigenvalue weighted by molar-refractivity contribution is -0.141. The molecule has 2 aromatic carbocycles. The van der Waals surface area contributed by atoms with Gasteiger partial charge in [0.15, 0.2) is 5.69 Å². The molecular weight excluding hydrogens is 397 g/mol. The van der Waals surface area contributed by atoms with Crippen molar-refractivity contribution in [3.63, 3.8) is 0 Å². The summed E-state index contributed by atoms with van der Waals surface area (Å²) in [6, 6.07) is 16.3. The number of amides is 2. The number of carbonyl (C=O) groups excluding carboxylic acids is 2. The summed E-state index contributed by atoms with van der Waals surface area (Å²) in [6.07, 6.45) is -3.71. The van der Waals surface area contributed by atoms with Crippen LogP contribution in [0.25, 0.3) is 0 Å². The van der Waals surface area contributed by atoms with Gasteiger partial charge in [0.1, 0.15) is 6.04 Å². The van der Waals surface area contributed by atoms with Gasteiger partial charge >= 0.3 is 6.18 Å². The Morgan fingerprint density at radius 3 is 2.23 bits per heavy atom. The molecule has 0 bridgehead atoms. The predicted octanol–water partition coefficient (Wildman–Crippen LogP) is 3.42. The van der Waals surface area contributed by atoms with Gasteiger partial charge in [-0.05, 0) is 17.7 Å². The molecule has 0 aliphatic rings. The number of hydrogen-bond acceptors (Lipinski definition) is 3. The van der Waals surface area contributed by atoms with Gasteiger partial charge in [0.2, 0.25) is 5.91 Å². The fourth-order valence-corrected chi connectivity index (χ4v) is 2.91. The van der Waals surface area contributed by atoms with E-state index in [1.807, 2.05) is 0 Å². The SMILES string of the molecule is Cn1cc(C(=O)NC(Cc2ccccc2)C(=O)Nc2ccccc2)c(C(F)(F)F)n1. The van der Waals surface area contributed by atoms with Crippen LogP contribution in [0.5, 0.6) is 0 Å². The second-order valence-corrected chi connectivity index (χ2v) is 6.63. The van der Waals surface area contributed by atoms with Crippen molar-refractivity contribution in [2.75, 3.05) is 5.32 Å². The van der Waals surface area contributed by atoms with E-state index in [4.69, 9.17) is 0 Å². The summed E-state index contributed by atoms with van der Waals surface area (Å²) in [7, 11) is 1.29. The average molecular weight is 416 g/mol. The van der Waals surface area contributed by atoms with E-state index in [0.29, 0.717) is 5.69 Å². The molecule has 2 amide bonds. The predicted molar refractivity (Wildman–Crippen MR) is 105 cm³/mol. The van der Waals surface area contributed by atoms with Gasteiger partial charge in [-0.1, -0.05) is 48.5 Å². The van der Waals surface area contributed by atoms with E-state index in [1.54, 1.807) is 60.7 Å². The molecule has 3 aromatic rings. The van der Waals surface area contributed by atoms with E-state index in [1.165, 1.54) is 7.05 Å². The summed E-state index contributed by atoms with van der Waals surface area (Å²) in [6.45, 7) is 0. The zero-order valence-electron chi connectivity index (χ0n) is 16.0. The Morgan fingerprint density at radius 1 is 1.03 bits per heavy atom. The molecule has 1 unspecified atom stereocenters. The van der Waals surface area contributed by atoms with Crippen molar-refractivity contribution in [2.45, 2.75) is 18.6 Å². The molecule has 0 fully saturated rings. The summed E-state index contributed by atoms with van der Waals surface area (Å²) in [5, 5.41) is 8.43. The molecule has 156 valence electrons. The quantitative estimate of drug-likeness (QED) is 0.647. The topological polar surface area (TPSA) is 76.0 Å². The van der Waals surface area contributed by atoms with Crippen molar-refractivity contribution in [1.29, 1.82) is 0 Å². The zero-order chi connectivity index (χ0) is 21.7. The van der Waals surface area contributed by atoms with Crippen molar-refractivity contribution < 1.29 is 22.8 Å². The van der Waals surface area contributed by atoms with Crippen LogP contribution in [0.4, 0.5) is 18.9 Å². The van der Waals surface area contributed by atoms with Crippen LogP contribution in [0.1, 0.15) is 21.6 Å². The number of halogens is 3. The van der Waals surface area contributed by atoms with Gasteiger partial charge in [-0.3, -0.25) is 14.3 Å². The minimum absolute atomic E-state index is 0.104. The molecule has 30 heavy (non-hydrogen) atoms. The number of nitrogens with one attached hydrogen (secondary N) is 2. The molecule has 0 saturated carbocycles. The van der Waals surface area contributed by atoms with Gasteiger partial charge < -0.3 is 10.6 Å². The van der Waals surface area contributed by atoms with Gasteiger partial charge in [0, 0.05) is 25.4 Å². The molecule has 1 atom stereocenters. The molecular formula is C21H19F3N4O2. The number of alkyl halides is 3. The number of nitrogens with zero attached hydrogens (tertiary/aromatic N) is 2. The molecule has 0 aliphatic heterocycles. The summed E-state index contributed by atoms with van der Waals surface area (Å²) >= 11 is 0. The van der Waals surface area contributed by atoms with Gasteiger partial charge in [-0.2, -0.15) is 18.3 Å². The van der Waals surface area contributed by atoms with Crippen molar-refractivity contribution >= 4 is 17.5 Å². The standard InChI is InChI=1S/C21H19F3N4O2/c1-28-13-16(18(27-28)21(22,23)24)19(29)26-17(12-14-8-4-2-5-9-14)20(30)25-15-10-6-3-7-11-15/h2-11,13,17H,12H2,1H3,(H,25,30)(H,26,29). The fourth-order valence-electron chi connectivity index (χ4n) is 2.91. The first kappa shape index (κ1) is 21.1. The third kappa shape index (κ3) is 5.25. The Morgan fingerprint density at radius 2 is 1.63 bits per heavy atom. The van der Waals surface area contributed by atoms with Crippen LogP contribution in [0, 0.1) is 0 Å². The van der Waals surface area contributed by atoms with Crippen LogP contribution < -0.4 is 10.6 Å². The Kier molecular flexibility index (Phi) is 6.20. The zero-order valence-corrected chi connectivity index (χ0v) is 16.0. The maximum absolute atomic E-state index is 13.2. The van der Waals surface area contributed by atoms with E-state index in [-0.39, 0.29) is 6.42 Å². The first-order valence-corrected chi connectivity index (χ1v) is 9.05. The average Bonchev–Trinajstić information content (AvgIpc) is 3.11. The summed E-state index contributed by atoms with van der Waals surface area (Å²) < 4.78 is 40.6. The van der Waals surface area contributed by atoms with Gasteiger partial charge in [-0.25, -0.2) is 0 Å². The molecule has 1 aromatic heterocycles. The minimum Gasteiger partial charge on any atom is -0.340 e. The number of hydrogen-bond donors (Lipinski definition) is 2. The third-order valence-electron chi connectivity index (χ3n) is 4.29. The minimum atomic E-state index is -4.80.